The number of nitrogens with one attached hydrogen (secondary N) is 1. The van der Waals surface area contributed by atoms with Crippen LogP contribution in [0.1, 0.15) is 29.2 Å². The second kappa shape index (κ2) is 13.4. The van der Waals surface area contributed by atoms with E-state index in [0.717, 1.165) is 39.1 Å². The monoisotopic (exact) mass is 604 g/mol. The Balaban J connectivity index is 1.94. The van der Waals surface area contributed by atoms with Gasteiger partial charge in [-0.3, -0.25) is 13.9 Å². The Bertz CT molecular complexity index is 1660. The van der Waals surface area contributed by atoms with Crippen LogP contribution in [-0.4, -0.2) is 29.3 Å². The highest BCUT2D eigenvalue weighted by Gasteiger charge is 2.35. The van der Waals surface area contributed by atoms with Crippen molar-refractivity contribution in [1.82, 2.24) is 14.5 Å². The lowest BCUT2D eigenvalue weighted by Gasteiger charge is -2.22. The Morgan fingerprint density at radius 3 is 2.38 bits per heavy atom. The number of hydrogen-bond donors (Lipinski definition) is 2. The minimum atomic E-state index is -4.88. The number of halogens is 5. The van der Waals surface area contributed by atoms with Crippen LogP contribution in [0.3, 0.4) is 0 Å². The van der Waals surface area contributed by atoms with Gasteiger partial charge in [0.05, 0.1) is 42.4 Å². The lowest BCUT2D eigenvalue weighted by Crippen LogP contribution is -2.43. The van der Waals surface area contributed by atoms with Gasteiger partial charge in [-0.25, -0.2) is 9.18 Å². The van der Waals surface area contributed by atoms with Crippen LogP contribution < -0.4 is 27.0 Å². The van der Waals surface area contributed by atoms with E-state index in [2.05, 4.69) is 5.32 Å². The molecule has 0 aliphatic carbocycles. The average Bonchev–Trinajstić information content (AvgIpc) is 2.97. The number of methoxy groups -OCH3 is 1. The van der Waals surface area contributed by atoms with Gasteiger partial charge in [0, 0.05) is 17.3 Å². The van der Waals surface area contributed by atoms with E-state index in [-0.39, 0.29) is 28.4 Å². The van der Waals surface area contributed by atoms with E-state index in [1.165, 1.54) is 13.2 Å². The number of aromatic nitrogens is 2. The number of rotatable bonds is 11. The molecule has 4 aromatic rings. The number of nitrogens with zero attached hydrogens (tertiary/aromatic N) is 2. The third kappa shape index (κ3) is 6.75. The summed E-state index contributed by atoms with van der Waals surface area (Å²) in [6, 6.07) is 15.8. The van der Waals surface area contributed by atoms with Crippen LogP contribution in [-0.2, 0) is 19.3 Å². The Morgan fingerprint density at radius 1 is 1.00 bits per heavy atom. The van der Waals surface area contributed by atoms with Gasteiger partial charge in [0.15, 0.2) is 0 Å². The summed E-state index contributed by atoms with van der Waals surface area (Å²) in [5, 5.41) is 3.36. The van der Waals surface area contributed by atoms with E-state index in [1.54, 1.807) is 24.3 Å². The first-order valence-electron chi connectivity index (χ1n) is 13.1. The van der Waals surface area contributed by atoms with Crippen LogP contribution >= 0.6 is 11.6 Å². The Labute approximate surface area is 244 Å². The van der Waals surface area contributed by atoms with Crippen molar-refractivity contribution in [3.05, 3.63) is 121 Å². The molecule has 0 amide bonds. The molecule has 0 saturated carbocycles. The SMILES string of the molecule is COc1cccc(-c2cn(Cc3c(F)cccc3C(F)(F)F)c(=O)n(C[C@H](NCCCN)c3ccccc3)c2=O)c1Cl. The fraction of sp³-hybridized carbons (Fsp3) is 0.267. The average molecular weight is 605 g/mol. The predicted octanol–water partition coefficient (Wildman–Crippen LogP) is 5.22. The zero-order valence-corrected chi connectivity index (χ0v) is 23.4. The van der Waals surface area contributed by atoms with Crippen molar-refractivity contribution < 1.29 is 22.3 Å². The van der Waals surface area contributed by atoms with Gasteiger partial charge in [-0.1, -0.05) is 60.1 Å². The molecule has 0 bridgehead atoms. The molecule has 3 N–H and O–H groups in total. The number of alkyl halides is 3. The molecule has 0 aliphatic heterocycles. The van der Waals surface area contributed by atoms with Crippen LogP contribution in [0.25, 0.3) is 11.1 Å². The standard InChI is InChI=1S/C30H29ClF4N4O3/c1-42-26-13-5-10-20(27(26)31)21-16-38(17-22-23(30(33,34)35)11-6-12-24(22)32)29(41)39(28(21)40)18-25(37-15-7-14-36)19-8-3-2-4-9-19/h2-6,8-13,16,25,37H,7,14-15,17-18,36H2,1H3/t25-/m0/s1. The summed E-state index contributed by atoms with van der Waals surface area (Å²) in [4.78, 5) is 27.7. The molecule has 0 radical (unpaired) electrons. The van der Waals surface area contributed by atoms with Gasteiger partial charge < -0.3 is 15.8 Å². The molecule has 0 spiro atoms. The van der Waals surface area contributed by atoms with E-state index in [1.807, 2.05) is 18.2 Å². The van der Waals surface area contributed by atoms with Gasteiger partial charge in [-0.2, -0.15) is 13.2 Å². The first-order valence-corrected chi connectivity index (χ1v) is 13.4. The smallest absolute Gasteiger partial charge is 0.416 e. The summed E-state index contributed by atoms with van der Waals surface area (Å²) >= 11 is 6.52. The largest absolute Gasteiger partial charge is 0.495 e. The molecule has 1 aromatic heterocycles. The van der Waals surface area contributed by atoms with Gasteiger partial charge >= 0.3 is 11.9 Å². The molecular formula is C30H29ClF4N4O3. The Hall–Kier alpha value is -3.93. The number of hydrogen-bond acceptors (Lipinski definition) is 5. The highest BCUT2D eigenvalue weighted by molar-refractivity contribution is 6.34. The van der Waals surface area contributed by atoms with E-state index >= 15 is 0 Å². The molecule has 222 valence electrons. The first-order chi connectivity index (χ1) is 20.1. The zero-order valence-electron chi connectivity index (χ0n) is 22.6. The molecule has 1 heterocycles. The van der Waals surface area contributed by atoms with E-state index in [4.69, 9.17) is 22.1 Å². The van der Waals surface area contributed by atoms with Crippen LogP contribution in [0, 0.1) is 5.82 Å². The van der Waals surface area contributed by atoms with Crippen LogP contribution in [0.5, 0.6) is 5.75 Å². The van der Waals surface area contributed by atoms with Crippen molar-refractivity contribution in [3.8, 4) is 16.9 Å². The number of nitrogens with two attached hydrogens (primary N) is 1. The molecule has 0 fully saturated rings. The third-order valence-corrected chi connectivity index (χ3v) is 7.19. The lowest BCUT2D eigenvalue weighted by molar-refractivity contribution is -0.138. The molecule has 3 aromatic carbocycles. The van der Waals surface area contributed by atoms with Crippen molar-refractivity contribution in [1.29, 1.82) is 0 Å². The van der Waals surface area contributed by atoms with Crippen molar-refractivity contribution >= 4 is 11.6 Å². The fourth-order valence-electron chi connectivity index (χ4n) is 4.68. The molecule has 0 saturated heterocycles. The van der Waals surface area contributed by atoms with Crippen LogP contribution in [0.15, 0.2) is 82.5 Å². The topological polar surface area (TPSA) is 91.3 Å². The van der Waals surface area contributed by atoms with Crippen molar-refractivity contribution in [3.63, 3.8) is 0 Å². The maximum absolute atomic E-state index is 14.8. The Kier molecular flexibility index (Phi) is 9.87. The van der Waals surface area contributed by atoms with Crippen molar-refractivity contribution in [2.24, 2.45) is 5.73 Å². The van der Waals surface area contributed by atoms with Crippen LogP contribution in [0.4, 0.5) is 17.6 Å². The zero-order chi connectivity index (χ0) is 30.4. The van der Waals surface area contributed by atoms with E-state index in [0.29, 0.717) is 19.5 Å². The van der Waals surface area contributed by atoms with E-state index < -0.39 is 47.0 Å². The maximum atomic E-state index is 14.8. The summed E-state index contributed by atoms with van der Waals surface area (Å²) in [7, 11) is 1.39. The summed E-state index contributed by atoms with van der Waals surface area (Å²) in [6.07, 6.45) is -3.15. The molecule has 4 rings (SSSR count). The molecular weight excluding hydrogens is 576 g/mol. The minimum absolute atomic E-state index is 0.0661. The predicted molar refractivity (Wildman–Crippen MR) is 153 cm³/mol. The van der Waals surface area contributed by atoms with Gasteiger partial charge in [0.1, 0.15) is 11.6 Å². The summed E-state index contributed by atoms with van der Waals surface area (Å²) in [5.74, 6) is -0.891. The second-order valence-corrected chi connectivity index (χ2v) is 9.89. The highest BCUT2D eigenvalue weighted by Crippen LogP contribution is 2.35. The Morgan fingerprint density at radius 2 is 1.71 bits per heavy atom. The maximum Gasteiger partial charge on any atom is 0.416 e. The first kappa shape index (κ1) is 31.0. The van der Waals surface area contributed by atoms with Crippen molar-refractivity contribution in [2.75, 3.05) is 20.2 Å². The minimum Gasteiger partial charge on any atom is -0.495 e. The second-order valence-electron chi connectivity index (χ2n) is 9.51. The molecule has 1 atom stereocenters. The summed E-state index contributed by atoms with van der Waals surface area (Å²) in [6.45, 7) is -0.0727. The van der Waals surface area contributed by atoms with Crippen LogP contribution in [0.2, 0.25) is 5.02 Å². The highest BCUT2D eigenvalue weighted by atomic mass is 35.5. The molecule has 7 nitrogen and oxygen atoms in total. The summed E-state index contributed by atoms with van der Waals surface area (Å²) in [5.41, 5.74) is 2.93. The number of benzene rings is 3. The normalized spacial score (nSPS) is 12.4. The van der Waals surface area contributed by atoms with Crippen molar-refractivity contribution in [2.45, 2.75) is 31.7 Å². The quantitative estimate of drug-likeness (QED) is 0.181. The van der Waals surface area contributed by atoms with Gasteiger partial charge in [0.25, 0.3) is 5.56 Å². The third-order valence-electron chi connectivity index (χ3n) is 6.80. The fourth-order valence-corrected chi connectivity index (χ4v) is 4.98. The molecule has 0 unspecified atom stereocenters. The molecule has 42 heavy (non-hydrogen) atoms. The molecule has 0 aliphatic rings. The molecule has 12 heteroatoms. The lowest BCUT2D eigenvalue weighted by atomic mass is 10.0. The number of ether oxygens (including phenoxy) is 1. The van der Waals surface area contributed by atoms with Gasteiger partial charge in [-0.15, -0.1) is 0 Å². The van der Waals surface area contributed by atoms with E-state index in [9.17, 15) is 27.2 Å². The van der Waals surface area contributed by atoms with Gasteiger partial charge in [0.2, 0.25) is 0 Å². The van der Waals surface area contributed by atoms with Gasteiger partial charge in [-0.05, 0) is 43.3 Å². The summed E-state index contributed by atoms with van der Waals surface area (Å²) < 4.78 is 63.3.